The molecule has 0 amide bonds. The van der Waals surface area contributed by atoms with Crippen molar-refractivity contribution >= 4 is 0 Å². The van der Waals surface area contributed by atoms with Crippen molar-refractivity contribution in [3.8, 4) is 11.5 Å². The molecule has 0 saturated heterocycles. The van der Waals surface area contributed by atoms with Gasteiger partial charge in [0.1, 0.15) is 11.5 Å². The van der Waals surface area contributed by atoms with Gasteiger partial charge in [-0.05, 0) is 18.2 Å². The van der Waals surface area contributed by atoms with Crippen LogP contribution in [0.25, 0.3) is 0 Å². The first-order valence-electron chi connectivity index (χ1n) is 6.41. The lowest BCUT2D eigenvalue weighted by atomic mass is 10.1. The number of para-hydroxylation sites is 2. The Labute approximate surface area is 117 Å². The van der Waals surface area contributed by atoms with Gasteiger partial charge in [-0.15, -0.1) is 0 Å². The van der Waals surface area contributed by atoms with Crippen molar-refractivity contribution in [3.05, 3.63) is 71.9 Å². The average molecular weight is 266 g/mol. The van der Waals surface area contributed by atoms with Crippen molar-refractivity contribution in [3.63, 3.8) is 0 Å². The van der Waals surface area contributed by atoms with E-state index in [-0.39, 0.29) is 0 Å². The van der Waals surface area contributed by atoms with Crippen LogP contribution in [0.5, 0.6) is 11.5 Å². The van der Waals surface area contributed by atoms with Gasteiger partial charge in [0.25, 0.3) is 0 Å². The topological polar surface area (TPSA) is 48.2 Å². The second-order valence-electron chi connectivity index (χ2n) is 4.43. The monoisotopic (exact) mass is 266 g/mol. The van der Waals surface area contributed by atoms with E-state index in [1.165, 1.54) is 0 Å². The Balaban J connectivity index is 1.84. The highest BCUT2D eigenvalue weighted by atomic mass is 16.5. The predicted octanol–water partition coefficient (Wildman–Crippen LogP) is 3.76. The van der Waals surface area contributed by atoms with Crippen LogP contribution in [0.1, 0.15) is 17.3 Å². The smallest absolute Gasteiger partial charge is 0.223 e. The lowest BCUT2D eigenvalue weighted by molar-refractivity contribution is 0.388. The highest BCUT2D eigenvalue weighted by Crippen LogP contribution is 2.26. The van der Waals surface area contributed by atoms with Crippen LogP contribution >= 0.6 is 0 Å². The fourth-order valence-corrected chi connectivity index (χ4v) is 1.95. The molecule has 0 saturated carbocycles. The molecule has 2 aromatic carbocycles. The van der Waals surface area contributed by atoms with Gasteiger partial charge in [-0.1, -0.05) is 41.6 Å². The number of hydrogen-bond donors (Lipinski definition) is 0. The van der Waals surface area contributed by atoms with Crippen LogP contribution < -0.4 is 4.74 Å². The quantitative estimate of drug-likeness (QED) is 0.721. The largest absolute Gasteiger partial charge is 0.457 e. The molecule has 1 heterocycles. The number of hydrogen-bond acceptors (Lipinski definition) is 4. The molecule has 20 heavy (non-hydrogen) atoms. The van der Waals surface area contributed by atoms with Crippen molar-refractivity contribution in [1.29, 1.82) is 0 Å². The van der Waals surface area contributed by atoms with E-state index >= 15 is 0 Å². The summed E-state index contributed by atoms with van der Waals surface area (Å²) in [5.74, 6) is 2.85. The molecule has 0 spiro atoms. The average Bonchev–Trinajstić information content (AvgIpc) is 2.88. The molecule has 3 aromatic rings. The highest BCUT2D eigenvalue weighted by Gasteiger charge is 2.09. The van der Waals surface area contributed by atoms with E-state index in [0.29, 0.717) is 18.1 Å². The van der Waals surface area contributed by atoms with Crippen LogP contribution in [0.2, 0.25) is 0 Å². The van der Waals surface area contributed by atoms with E-state index in [4.69, 9.17) is 9.26 Å². The third kappa shape index (κ3) is 2.85. The molecule has 0 aliphatic carbocycles. The standard InChI is InChI=1S/C16H14N2O2/c1-12-17-16(18-20-12)11-13-7-5-6-10-15(13)19-14-8-3-2-4-9-14/h2-10H,11H2,1H3. The van der Waals surface area contributed by atoms with Gasteiger partial charge in [-0.2, -0.15) is 4.98 Å². The highest BCUT2D eigenvalue weighted by molar-refractivity contribution is 5.39. The third-order valence-electron chi connectivity index (χ3n) is 2.86. The maximum Gasteiger partial charge on any atom is 0.223 e. The van der Waals surface area contributed by atoms with Gasteiger partial charge < -0.3 is 9.26 Å². The molecule has 0 fully saturated rings. The van der Waals surface area contributed by atoms with Crippen molar-refractivity contribution in [2.24, 2.45) is 0 Å². The zero-order valence-corrected chi connectivity index (χ0v) is 11.1. The molecular formula is C16H14N2O2. The number of rotatable bonds is 4. The van der Waals surface area contributed by atoms with Crippen molar-refractivity contribution in [1.82, 2.24) is 10.1 Å². The van der Waals surface area contributed by atoms with Crippen molar-refractivity contribution in [2.75, 3.05) is 0 Å². The molecule has 0 radical (unpaired) electrons. The SMILES string of the molecule is Cc1nc(Cc2ccccc2Oc2ccccc2)no1. The first kappa shape index (κ1) is 12.4. The normalized spacial score (nSPS) is 10.4. The lowest BCUT2D eigenvalue weighted by Gasteiger charge is -2.09. The molecule has 1 aromatic heterocycles. The van der Waals surface area contributed by atoms with Crippen LogP contribution in [-0.2, 0) is 6.42 Å². The van der Waals surface area contributed by atoms with Crippen LogP contribution in [-0.4, -0.2) is 10.1 Å². The van der Waals surface area contributed by atoms with Crippen LogP contribution in [0.15, 0.2) is 59.1 Å². The number of nitrogens with zero attached hydrogens (tertiary/aromatic N) is 2. The Morgan fingerprint density at radius 3 is 2.50 bits per heavy atom. The maximum atomic E-state index is 5.90. The van der Waals surface area contributed by atoms with E-state index in [1.807, 2.05) is 54.6 Å². The number of aromatic nitrogens is 2. The Morgan fingerprint density at radius 2 is 1.75 bits per heavy atom. The summed E-state index contributed by atoms with van der Waals surface area (Å²) in [5, 5.41) is 3.92. The summed E-state index contributed by atoms with van der Waals surface area (Å²) in [4.78, 5) is 4.22. The molecule has 0 aliphatic rings. The molecule has 0 aliphatic heterocycles. The van der Waals surface area contributed by atoms with Gasteiger partial charge in [-0.25, -0.2) is 0 Å². The molecule has 0 N–H and O–H groups in total. The number of aryl methyl sites for hydroxylation is 1. The summed E-state index contributed by atoms with van der Waals surface area (Å²) in [6.07, 6.45) is 0.584. The van der Waals surface area contributed by atoms with Gasteiger partial charge in [0.2, 0.25) is 5.89 Å². The molecular weight excluding hydrogens is 252 g/mol. The molecule has 0 atom stereocenters. The van der Waals surface area contributed by atoms with Gasteiger partial charge >= 0.3 is 0 Å². The molecule has 4 nitrogen and oxygen atoms in total. The fourth-order valence-electron chi connectivity index (χ4n) is 1.95. The lowest BCUT2D eigenvalue weighted by Crippen LogP contribution is -1.95. The van der Waals surface area contributed by atoms with Gasteiger partial charge in [0.15, 0.2) is 5.82 Å². The van der Waals surface area contributed by atoms with Gasteiger partial charge in [0, 0.05) is 18.9 Å². The summed E-state index contributed by atoms with van der Waals surface area (Å²) >= 11 is 0. The summed E-state index contributed by atoms with van der Waals surface area (Å²) < 4.78 is 10.9. The summed E-state index contributed by atoms with van der Waals surface area (Å²) in [5.41, 5.74) is 1.03. The van der Waals surface area contributed by atoms with E-state index in [2.05, 4.69) is 10.1 Å². The Bertz CT molecular complexity index is 692. The van der Waals surface area contributed by atoms with Crippen LogP contribution in [0, 0.1) is 6.92 Å². The molecule has 3 rings (SSSR count). The molecule has 100 valence electrons. The maximum absolute atomic E-state index is 5.90. The molecule has 4 heteroatoms. The zero-order valence-electron chi connectivity index (χ0n) is 11.1. The zero-order chi connectivity index (χ0) is 13.8. The third-order valence-corrected chi connectivity index (χ3v) is 2.86. The van der Waals surface area contributed by atoms with E-state index in [0.717, 1.165) is 17.1 Å². The minimum atomic E-state index is 0.571. The first-order chi connectivity index (χ1) is 9.81. The Kier molecular flexibility index (Phi) is 3.46. The Hall–Kier alpha value is -2.62. The summed E-state index contributed by atoms with van der Waals surface area (Å²) in [7, 11) is 0. The van der Waals surface area contributed by atoms with Crippen LogP contribution in [0.3, 0.4) is 0 Å². The van der Waals surface area contributed by atoms with Gasteiger partial charge in [0.05, 0.1) is 0 Å². The minimum absolute atomic E-state index is 0.571. The predicted molar refractivity (Wildman–Crippen MR) is 74.8 cm³/mol. The van der Waals surface area contributed by atoms with Crippen molar-refractivity contribution < 1.29 is 9.26 Å². The second kappa shape index (κ2) is 5.57. The van der Waals surface area contributed by atoms with Crippen molar-refractivity contribution in [2.45, 2.75) is 13.3 Å². The summed E-state index contributed by atoms with van der Waals surface area (Å²) in [6, 6.07) is 17.6. The number of ether oxygens (including phenoxy) is 1. The Morgan fingerprint density at radius 1 is 1.00 bits per heavy atom. The van der Waals surface area contributed by atoms with Gasteiger partial charge in [-0.3, -0.25) is 0 Å². The number of benzene rings is 2. The molecule has 0 unspecified atom stereocenters. The van der Waals surface area contributed by atoms with E-state index < -0.39 is 0 Å². The fraction of sp³-hybridized carbons (Fsp3) is 0.125. The second-order valence-corrected chi connectivity index (χ2v) is 4.43. The molecule has 0 bridgehead atoms. The van der Waals surface area contributed by atoms with Crippen LogP contribution in [0.4, 0.5) is 0 Å². The summed E-state index contributed by atoms with van der Waals surface area (Å²) in [6.45, 7) is 1.78. The minimum Gasteiger partial charge on any atom is -0.457 e. The first-order valence-corrected chi connectivity index (χ1v) is 6.41. The van der Waals surface area contributed by atoms with E-state index in [9.17, 15) is 0 Å². The van der Waals surface area contributed by atoms with E-state index in [1.54, 1.807) is 6.92 Å².